The Hall–Kier alpha value is -5.46. The van der Waals surface area contributed by atoms with Gasteiger partial charge in [-0.05, 0) is 119 Å². The first-order valence-corrected chi connectivity index (χ1v) is 17.9. The Morgan fingerprint density at radius 3 is 0.900 bits per heavy atom. The van der Waals surface area contributed by atoms with Crippen LogP contribution in [0.2, 0.25) is 0 Å². The number of hydrogen-bond acceptors (Lipinski definition) is 0. The molecule has 0 aromatic heterocycles. The lowest BCUT2D eigenvalue weighted by Gasteiger charge is -2.42. The highest BCUT2D eigenvalue weighted by Gasteiger charge is 2.39. The lowest BCUT2D eigenvalue weighted by Crippen LogP contribution is -2.26. The minimum atomic E-state index is 0.488. The van der Waals surface area contributed by atoms with Crippen LogP contribution in [0.3, 0.4) is 0 Å². The van der Waals surface area contributed by atoms with Crippen LogP contribution in [0.25, 0.3) is 32.7 Å². The largest absolute Gasteiger partial charge is 0.0622 e. The van der Waals surface area contributed by atoms with Gasteiger partial charge in [-0.2, -0.15) is 0 Å². The average Bonchev–Trinajstić information content (AvgIpc) is 3.18. The van der Waals surface area contributed by atoms with Crippen LogP contribution in [-0.2, 0) is 0 Å². The van der Waals surface area contributed by atoms with Gasteiger partial charge >= 0.3 is 0 Å². The zero-order valence-electron chi connectivity index (χ0n) is 30.2. The van der Waals surface area contributed by atoms with Gasteiger partial charge < -0.3 is 0 Å². The minimum absolute atomic E-state index is 0.488. The zero-order valence-corrected chi connectivity index (χ0v) is 30.2. The lowest BCUT2D eigenvalue weighted by molar-refractivity contribution is 0.727. The van der Waals surface area contributed by atoms with Crippen LogP contribution < -0.4 is 0 Å². The fraction of sp³-hybridized carbons (Fsp3) is 0.160. The van der Waals surface area contributed by atoms with Crippen molar-refractivity contribution in [1.29, 1.82) is 0 Å². The van der Waals surface area contributed by atoms with Gasteiger partial charge in [-0.1, -0.05) is 169 Å². The summed E-state index contributed by atoms with van der Waals surface area (Å²) in [6.45, 7) is 13.4. The van der Waals surface area contributed by atoms with Gasteiger partial charge in [0.2, 0.25) is 0 Å². The van der Waals surface area contributed by atoms with Crippen molar-refractivity contribution in [2.45, 2.75) is 53.4 Å². The number of allylic oxidation sites excluding steroid dienone is 4. The van der Waals surface area contributed by atoms with E-state index in [2.05, 4.69) is 199 Å². The van der Waals surface area contributed by atoms with Crippen molar-refractivity contribution in [2.75, 3.05) is 0 Å². The molecule has 50 heavy (non-hydrogen) atoms. The van der Waals surface area contributed by atoms with Crippen molar-refractivity contribution in [2.24, 2.45) is 0 Å². The molecule has 0 saturated heterocycles. The molecule has 0 fully saturated rings. The maximum atomic E-state index is 2.30. The average molecular weight is 647 g/mol. The summed E-state index contributed by atoms with van der Waals surface area (Å²) in [6.07, 6.45) is 0. The van der Waals surface area contributed by atoms with Gasteiger partial charge in [-0.25, -0.2) is 0 Å². The third-order valence-corrected chi connectivity index (χ3v) is 11.2. The molecule has 2 bridgehead atoms. The molecule has 0 amide bonds. The van der Waals surface area contributed by atoms with Gasteiger partial charge in [0.25, 0.3) is 0 Å². The molecule has 0 atom stereocenters. The van der Waals surface area contributed by atoms with Crippen molar-refractivity contribution in [3.63, 3.8) is 0 Å². The SMILES string of the molecule is C/C(=C(\C)c1ccccc1)c1ccccc1.CC1=C(C)C2c3ccccc3C1c1ccccc12.Cc1c(C)c2ccccc2c2ccccc12. The molecule has 3 aliphatic carbocycles. The monoisotopic (exact) mass is 646 g/mol. The van der Waals surface area contributed by atoms with Gasteiger partial charge in [0.1, 0.15) is 0 Å². The summed E-state index contributed by atoms with van der Waals surface area (Å²) in [4.78, 5) is 0. The van der Waals surface area contributed by atoms with E-state index in [1.807, 2.05) is 0 Å². The number of aryl methyl sites for hydroxylation is 2. The van der Waals surface area contributed by atoms with Crippen LogP contribution in [0.5, 0.6) is 0 Å². The molecule has 246 valence electrons. The Morgan fingerprint density at radius 1 is 0.320 bits per heavy atom. The first-order chi connectivity index (χ1) is 24.4. The van der Waals surface area contributed by atoms with E-state index >= 15 is 0 Å². The van der Waals surface area contributed by atoms with Gasteiger partial charge in [0, 0.05) is 11.8 Å². The molecule has 10 rings (SSSR count). The minimum Gasteiger partial charge on any atom is -0.0622 e. The Morgan fingerprint density at radius 2 is 0.580 bits per heavy atom. The van der Waals surface area contributed by atoms with Crippen LogP contribution in [0.1, 0.15) is 84.0 Å². The van der Waals surface area contributed by atoms with Crippen LogP contribution in [0, 0.1) is 13.8 Å². The maximum Gasteiger partial charge on any atom is 0.0305 e. The second-order valence-electron chi connectivity index (χ2n) is 13.8. The van der Waals surface area contributed by atoms with E-state index in [0.717, 1.165) is 0 Å². The van der Waals surface area contributed by atoms with Crippen LogP contribution in [0.15, 0.2) is 169 Å². The zero-order chi connectivity index (χ0) is 34.8. The fourth-order valence-electron chi connectivity index (χ4n) is 8.10. The third-order valence-electron chi connectivity index (χ3n) is 11.2. The second-order valence-corrected chi connectivity index (χ2v) is 13.8. The van der Waals surface area contributed by atoms with Crippen LogP contribution >= 0.6 is 0 Å². The standard InChI is InChI=1S/C18H16.C16H14.C16H16/c1-11-12(2)18-15-9-5-3-7-13(15)17(11)14-8-4-6-10-16(14)18;1-11-12(2)14-8-4-6-10-16(14)15-9-5-3-7-13(11)15;1-13(15-9-5-3-6-10-15)14(2)16-11-7-4-8-12-16/h3-10,17-18H,1-2H3;3-10H,1-2H3;3-12H,1-2H3/b;;14-13-. The van der Waals surface area contributed by atoms with Crippen molar-refractivity contribution in [1.82, 2.24) is 0 Å². The molecule has 0 unspecified atom stereocenters. The molecular weight excluding hydrogens is 601 g/mol. The molecule has 0 spiro atoms. The van der Waals surface area contributed by atoms with Gasteiger partial charge in [-0.3, -0.25) is 0 Å². The van der Waals surface area contributed by atoms with Gasteiger partial charge in [0.05, 0.1) is 0 Å². The number of fused-ring (bicyclic) bond motifs is 3. The topological polar surface area (TPSA) is 0 Å². The van der Waals surface area contributed by atoms with E-state index in [4.69, 9.17) is 0 Å². The molecule has 3 aliphatic rings. The normalized spacial score (nSPS) is 16.0. The Balaban J connectivity index is 0.000000118. The molecule has 7 aromatic rings. The molecule has 0 heterocycles. The van der Waals surface area contributed by atoms with Crippen LogP contribution in [-0.4, -0.2) is 0 Å². The highest BCUT2D eigenvalue weighted by atomic mass is 14.4. The molecule has 0 aliphatic heterocycles. The highest BCUT2D eigenvalue weighted by molar-refractivity contribution is 6.10. The van der Waals surface area contributed by atoms with Gasteiger partial charge in [-0.15, -0.1) is 0 Å². The smallest absolute Gasteiger partial charge is 0.0305 e. The fourth-order valence-corrected chi connectivity index (χ4v) is 8.10. The Kier molecular flexibility index (Phi) is 9.38. The lowest BCUT2D eigenvalue weighted by atomic mass is 9.62. The van der Waals surface area contributed by atoms with Crippen molar-refractivity contribution in [3.8, 4) is 0 Å². The Labute approximate surface area is 298 Å². The second kappa shape index (κ2) is 14.2. The van der Waals surface area contributed by atoms with Crippen LogP contribution in [0.4, 0.5) is 0 Å². The Bertz CT molecular complexity index is 2160. The number of benzene rings is 7. The molecular formula is C50H46. The predicted molar refractivity (Wildman–Crippen MR) is 217 cm³/mol. The summed E-state index contributed by atoms with van der Waals surface area (Å²) in [5.74, 6) is 0.977. The number of rotatable bonds is 2. The third kappa shape index (κ3) is 6.01. The quantitative estimate of drug-likeness (QED) is 0.0996. The van der Waals surface area contributed by atoms with Gasteiger partial charge in [0.15, 0.2) is 0 Å². The maximum absolute atomic E-state index is 2.30. The van der Waals surface area contributed by atoms with Crippen molar-refractivity contribution >= 4 is 32.7 Å². The molecule has 0 heteroatoms. The molecule has 0 nitrogen and oxygen atoms in total. The van der Waals surface area contributed by atoms with E-state index < -0.39 is 0 Å². The van der Waals surface area contributed by atoms with E-state index in [9.17, 15) is 0 Å². The van der Waals surface area contributed by atoms with Crippen molar-refractivity contribution < 1.29 is 0 Å². The molecule has 0 N–H and O–H groups in total. The first-order valence-electron chi connectivity index (χ1n) is 17.9. The summed E-state index contributed by atoms with van der Waals surface area (Å²) in [5, 5.41) is 5.47. The molecule has 0 saturated carbocycles. The van der Waals surface area contributed by atoms with E-state index in [1.165, 1.54) is 77.2 Å². The van der Waals surface area contributed by atoms with E-state index in [0.29, 0.717) is 11.8 Å². The summed E-state index contributed by atoms with van der Waals surface area (Å²) in [6, 6.07) is 56.3. The van der Waals surface area contributed by atoms with E-state index in [-0.39, 0.29) is 0 Å². The highest BCUT2D eigenvalue weighted by Crippen LogP contribution is 2.54. The summed E-state index contributed by atoms with van der Waals surface area (Å²) >= 11 is 0. The predicted octanol–water partition coefficient (Wildman–Crippen LogP) is 13.9. The molecule has 0 radical (unpaired) electrons. The first kappa shape index (κ1) is 33.1. The summed E-state index contributed by atoms with van der Waals surface area (Å²) in [5.41, 5.74) is 17.2. The number of hydrogen-bond donors (Lipinski definition) is 0. The molecule has 7 aromatic carbocycles. The van der Waals surface area contributed by atoms with E-state index in [1.54, 1.807) is 11.1 Å². The summed E-state index contributed by atoms with van der Waals surface area (Å²) in [7, 11) is 0. The van der Waals surface area contributed by atoms with Crippen molar-refractivity contribution in [3.05, 3.63) is 213 Å². The summed E-state index contributed by atoms with van der Waals surface area (Å²) < 4.78 is 0.